The zero-order chi connectivity index (χ0) is 25.8. The van der Waals surface area contributed by atoms with Gasteiger partial charge in [-0.3, -0.25) is 4.98 Å². The van der Waals surface area contributed by atoms with Gasteiger partial charge in [0.1, 0.15) is 5.82 Å². The molecule has 3 aromatic heterocycles. The molecule has 6 nitrogen and oxygen atoms in total. The normalized spacial score (nSPS) is 15.2. The summed E-state index contributed by atoms with van der Waals surface area (Å²) in [5.41, 5.74) is 4.46. The monoisotopic (exact) mass is 514 g/mol. The molecular weight excluding hydrogens is 487 g/mol. The molecule has 0 bridgehead atoms. The Morgan fingerprint density at radius 2 is 2.00 bits per heavy atom. The number of allylic oxidation sites excluding steroid dienone is 1. The highest BCUT2D eigenvalue weighted by molar-refractivity contribution is 6.30. The number of halogens is 2. The molecule has 0 spiro atoms. The van der Waals surface area contributed by atoms with Gasteiger partial charge in [0.15, 0.2) is 5.65 Å². The van der Waals surface area contributed by atoms with E-state index in [1.807, 2.05) is 30.5 Å². The molecule has 188 valence electrons. The Kier molecular flexibility index (Phi) is 7.53. The van der Waals surface area contributed by atoms with Crippen LogP contribution in [0.3, 0.4) is 0 Å². The molecule has 4 aromatic rings. The summed E-state index contributed by atoms with van der Waals surface area (Å²) in [5, 5.41) is 12.8. The highest BCUT2D eigenvalue weighted by Crippen LogP contribution is 2.33. The number of fused-ring (bicyclic) bond motifs is 1. The molecule has 0 saturated carbocycles. The summed E-state index contributed by atoms with van der Waals surface area (Å²) in [4.78, 5) is 16.0. The predicted molar refractivity (Wildman–Crippen MR) is 148 cm³/mol. The molecule has 2 N–H and O–H groups in total. The summed E-state index contributed by atoms with van der Waals surface area (Å²) in [6, 6.07) is 12.4. The van der Waals surface area contributed by atoms with E-state index >= 15 is 0 Å². The number of pyridine rings is 3. The molecule has 0 atom stereocenters. The molecule has 0 radical (unpaired) electrons. The standard InChI is InChI=1S/C29H28ClFN6/c1-2-37-10-7-23(8-11-37)35-18-21(15-32)19-12-20(17-33-16-19)25-14-28(26-13-22(30)5-6-27(26)31)36-29-24(25)4-3-9-34-29/h3-6,9,12-18,23,32,35H,2,7-8,10-11H2,1H3/b21-18+,32-15?. The molecule has 5 rings (SSSR count). The minimum Gasteiger partial charge on any atom is -0.388 e. The van der Waals surface area contributed by atoms with E-state index in [9.17, 15) is 4.39 Å². The molecule has 1 aliphatic rings. The van der Waals surface area contributed by atoms with Gasteiger partial charge in [-0.1, -0.05) is 18.5 Å². The molecule has 4 heterocycles. The SMILES string of the molecule is CCN1CCC(N/C=C(\C=N)c2cncc(-c3cc(-c4cc(Cl)ccc4F)nc4ncccc34)c2)CC1. The van der Waals surface area contributed by atoms with Gasteiger partial charge >= 0.3 is 0 Å². The molecule has 0 amide bonds. The molecule has 1 fully saturated rings. The minimum atomic E-state index is -0.408. The fourth-order valence-corrected chi connectivity index (χ4v) is 4.88. The summed E-state index contributed by atoms with van der Waals surface area (Å²) in [5.74, 6) is -0.408. The van der Waals surface area contributed by atoms with E-state index in [1.165, 1.54) is 18.3 Å². The van der Waals surface area contributed by atoms with E-state index in [-0.39, 0.29) is 0 Å². The van der Waals surface area contributed by atoms with Crippen LogP contribution in [0.1, 0.15) is 25.3 Å². The van der Waals surface area contributed by atoms with Crippen molar-refractivity contribution in [3.05, 3.63) is 83.7 Å². The molecule has 1 saturated heterocycles. The molecular formula is C29H28ClFN6. The van der Waals surface area contributed by atoms with Crippen molar-refractivity contribution < 1.29 is 4.39 Å². The van der Waals surface area contributed by atoms with E-state index < -0.39 is 5.82 Å². The average molecular weight is 515 g/mol. The first-order valence-corrected chi connectivity index (χ1v) is 12.8. The third-order valence-corrected chi connectivity index (χ3v) is 7.07. The number of rotatable bonds is 7. The van der Waals surface area contributed by atoms with E-state index in [0.717, 1.165) is 60.1 Å². The largest absolute Gasteiger partial charge is 0.388 e. The third-order valence-electron chi connectivity index (χ3n) is 6.84. The van der Waals surface area contributed by atoms with Crippen LogP contribution in [0.4, 0.5) is 4.39 Å². The third kappa shape index (κ3) is 5.53. The van der Waals surface area contributed by atoms with Gasteiger partial charge in [-0.05, 0) is 67.4 Å². The van der Waals surface area contributed by atoms with Gasteiger partial charge in [0.05, 0.1) is 5.69 Å². The highest BCUT2D eigenvalue weighted by Gasteiger charge is 2.17. The van der Waals surface area contributed by atoms with E-state index in [1.54, 1.807) is 24.7 Å². The molecule has 37 heavy (non-hydrogen) atoms. The van der Waals surface area contributed by atoms with Crippen LogP contribution in [0.5, 0.6) is 0 Å². The molecule has 8 heteroatoms. The van der Waals surface area contributed by atoms with Crippen LogP contribution in [0.15, 0.2) is 67.3 Å². The molecule has 0 unspecified atom stereocenters. The van der Waals surface area contributed by atoms with Crippen molar-refractivity contribution in [2.24, 2.45) is 0 Å². The van der Waals surface area contributed by atoms with Crippen molar-refractivity contribution >= 4 is 34.4 Å². The van der Waals surface area contributed by atoms with Gasteiger partial charge in [-0.25, -0.2) is 14.4 Å². The van der Waals surface area contributed by atoms with Crippen LogP contribution in [0.25, 0.3) is 39.0 Å². The predicted octanol–water partition coefficient (Wildman–Crippen LogP) is 6.22. The first kappa shape index (κ1) is 25.0. The van der Waals surface area contributed by atoms with Crippen LogP contribution < -0.4 is 5.32 Å². The van der Waals surface area contributed by atoms with Crippen molar-refractivity contribution in [3.8, 4) is 22.4 Å². The quantitative estimate of drug-likeness (QED) is 0.286. The van der Waals surface area contributed by atoms with Crippen LogP contribution in [0.2, 0.25) is 5.02 Å². The molecule has 1 aromatic carbocycles. The van der Waals surface area contributed by atoms with Crippen LogP contribution >= 0.6 is 11.6 Å². The number of hydrogen-bond acceptors (Lipinski definition) is 6. The first-order chi connectivity index (χ1) is 18.1. The summed E-state index contributed by atoms with van der Waals surface area (Å²) in [7, 11) is 0. The van der Waals surface area contributed by atoms with E-state index in [0.29, 0.717) is 28.0 Å². The zero-order valence-electron chi connectivity index (χ0n) is 20.6. The first-order valence-electron chi connectivity index (χ1n) is 12.4. The lowest BCUT2D eigenvalue weighted by atomic mass is 9.98. The van der Waals surface area contributed by atoms with Crippen molar-refractivity contribution in [2.45, 2.75) is 25.8 Å². The number of nitrogens with one attached hydrogen (secondary N) is 2. The van der Waals surface area contributed by atoms with E-state index in [4.69, 9.17) is 17.0 Å². The Bertz CT molecular complexity index is 1460. The number of aromatic nitrogens is 3. The van der Waals surface area contributed by atoms with Gasteiger partial charge in [0.2, 0.25) is 0 Å². The van der Waals surface area contributed by atoms with Gasteiger partial charge in [-0.2, -0.15) is 0 Å². The fraction of sp³-hybridized carbons (Fsp3) is 0.241. The second kappa shape index (κ2) is 11.2. The molecule has 1 aliphatic heterocycles. The van der Waals surface area contributed by atoms with Crippen LogP contribution in [-0.4, -0.2) is 51.7 Å². The topological polar surface area (TPSA) is 77.8 Å². The van der Waals surface area contributed by atoms with Crippen molar-refractivity contribution in [3.63, 3.8) is 0 Å². The lowest BCUT2D eigenvalue weighted by Crippen LogP contribution is -2.40. The number of piperidine rings is 1. The summed E-state index contributed by atoms with van der Waals surface area (Å²) in [6.07, 6.45) is 10.6. The van der Waals surface area contributed by atoms with Gasteiger partial charge in [0, 0.05) is 82.8 Å². The fourth-order valence-electron chi connectivity index (χ4n) is 4.70. The maximum Gasteiger partial charge on any atom is 0.160 e. The summed E-state index contributed by atoms with van der Waals surface area (Å²) in [6.45, 7) is 5.43. The van der Waals surface area contributed by atoms with Crippen molar-refractivity contribution in [1.29, 1.82) is 5.41 Å². The second-order valence-corrected chi connectivity index (χ2v) is 9.57. The zero-order valence-corrected chi connectivity index (χ0v) is 21.3. The Labute approximate surface area is 220 Å². The Balaban J connectivity index is 1.51. The number of hydrogen-bond donors (Lipinski definition) is 2. The van der Waals surface area contributed by atoms with Crippen LogP contribution in [0, 0.1) is 11.2 Å². The van der Waals surface area contributed by atoms with Crippen LogP contribution in [-0.2, 0) is 0 Å². The Morgan fingerprint density at radius 3 is 2.78 bits per heavy atom. The Hall–Kier alpha value is -3.68. The second-order valence-electron chi connectivity index (χ2n) is 9.14. The number of likely N-dealkylation sites (tertiary alicyclic amines) is 1. The highest BCUT2D eigenvalue weighted by atomic mass is 35.5. The maximum absolute atomic E-state index is 14.7. The number of nitrogens with zero attached hydrogens (tertiary/aromatic N) is 4. The van der Waals surface area contributed by atoms with Gasteiger partial charge in [0.25, 0.3) is 0 Å². The molecule has 0 aliphatic carbocycles. The van der Waals surface area contributed by atoms with Gasteiger partial charge in [-0.15, -0.1) is 0 Å². The summed E-state index contributed by atoms with van der Waals surface area (Å²) >= 11 is 6.16. The van der Waals surface area contributed by atoms with Crippen molar-refractivity contribution in [2.75, 3.05) is 19.6 Å². The minimum absolute atomic E-state index is 0.309. The summed E-state index contributed by atoms with van der Waals surface area (Å²) < 4.78 is 14.7. The van der Waals surface area contributed by atoms with E-state index in [2.05, 4.69) is 32.1 Å². The van der Waals surface area contributed by atoms with Crippen molar-refractivity contribution in [1.82, 2.24) is 25.2 Å². The maximum atomic E-state index is 14.7. The smallest absolute Gasteiger partial charge is 0.160 e. The van der Waals surface area contributed by atoms with Gasteiger partial charge < -0.3 is 15.6 Å². The lowest BCUT2D eigenvalue weighted by Gasteiger charge is -2.31. The number of benzene rings is 1. The Morgan fingerprint density at radius 1 is 1.16 bits per heavy atom. The average Bonchev–Trinajstić information content (AvgIpc) is 2.94. The lowest BCUT2D eigenvalue weighted by molar-refractivity contribution is 0.213.